The van der Waals surface area contributed by atoms with Crippen LogP contribution in [0.5, 0.6) is 0 Å². The minimum atomic E-state index is -0.521. The number of carbonyl (C=O) groups excluding carboxylic acids is 4. The summed E-state index contributed by atoms with van der Waals surface area (Å²) in [4.78, 5) is 50.5. The summed E-state index contributed by atoms with van der Waals surface area (Å²) in [6.07, 6.45) is 8.77. The minimum absolute atomic E-state index is 0.0327. The second kappa shape index (κ2) is 10.4. The summed E-state index contributed by atoms with van der Waals surface area (Å²) < 4.78 is 0. The van der Waals surface area contributed by atoms with Gasteiger partial charge in [-0.25, -0.2) is 4.79 Å². The molecule has 3 N–H and O–H groups in total. The normalized spacial score (nSPS) is 35.3. The highest BCUT2D eigenvalue weighted by molar-refractivity contribution is 6.20. The number of carbonyl (C=O) groups is 4. The third kappa shape index (κ3) is 5.56. The van der Waals surface area contributed by atoms with E-state index in [9.17, 15) is 19.2 Å². The van der Waals surface area contributed by atoms with E-state index in [0.717, 1.165) is 51.4 Å². The summed E-state index contributed by atoms with van der Waals surface area (Å²) in [5, 5.41) is 8.62. The summed E-state index contributed by atoms with van der Waals surface area (Å²) in [7, 11) is 0. The van der Waals surface area contributed by atoms with Crippen molar-refractivity contribution in [1.82, 2.24) is 20.9 Å². The summed E-state index contributed by atoms with van der Waals surface area (Å²) in [6.45, 7) is 1.85. The van der Waals surface area contributed by atoms with Gasteiger partial charge in [0.1, 0.15) is 6.04 Å². The van der Waals surface area contributed by atoms with Crippen LogP contribution in [0, 0.1) is 23.7 Å². The molecule has 2 aliphatic heterocycles. The molecule has 8 nitrogen and oxygen atoms in total. The van der Waals surface area contributed by atoms with Crippen LogP contribution in [0.1, 0.15) is 64.2 Å². The second-order valence-electron chi connectivity index (χ2n) is 10.0. The first kappa shape index (κ1) is 23.3. The molecule has 4 fully saturated rings. The highest BCUT2D eigenvalue weighted by Crippen LogP contribution is 2.41. The maximum absolute atomic E-state index is 13.0. The molecule has 2 saturated heterocycles. The van der Waals surface area contributed by atoms with Crippen LogP contribution in [-0.4, -0.2) is 59.7 Å². The highest BCUT2D eigenvalue weighted by Gasteiger charge is 2.48. The molecule has 0 aromatic heterocycles. The van der Waals surface area contributed by atoms with Crippen LogP contribution >= 0.6 is 11.6 Å². The lowest BCUT2D eigenvalue weighted by atomic mass is 9.75. The Bertz CT molecular complexity index is 740. The molecule has 2 heterocycles. The lowest BCUT2D eigenvalue weighted by molar-refractivity contribution is -0.144. The van der Waals surface area contributed by atoms with Crippen molar-refractivity contribution in [3.8, 4) is 0 Å². The number of imide groups is 1. The van der Waals surface area contributed by atoms with Crippen molar-refractivity contribution in [1.29, 1.82) is 0 Å². The van der Waals surface area contributed by atoms with Gasteiger partial charge in [0.05, 0.1) is 0 Å². The van der Waals surface area contributed by atoms with E-state index in [1.165, 1.54) is 0 Å². The number of alkyl halides is 1. The topological polar surface area (TPSA) is 108 Å². The number of amides is 5. The number of urea groups is 1. The highest BCUT2D eigenvalue weighted by atomic mass is 35.5. The van der Waals surface area contributed by atoms with Crippen LogP contribution in [0.3, 0.4) is 0 Å². The largest absolute Gasteiger partial charge is 0.338 e. The number of fused-ring (bicyclic) bond motifs is 1. The third-order valence-corrected chi connectivity index (χ3v) is 8.32. The van der Waals surface area contributed by atoms with Gasteiger partial charge in [0.2, 0.25) is 17.7 Å². The lowest BCUT2D eigenvalue weighted by Gasteiger charge is -2.30. The molecule has 0 aromatic rings. The van der Waals surface area contributed by atoms with E-state index in [2.05, 4.69) is 16.0 Å². The van der Waals surface area contributed by atoms with Crippen molar-refractivity contribution < 1.29 is 19.2 Å². The Balaban J connectivity index is 1.17. The van der Waals surface area contributed by atoms with Crippen molar-refractivity contribution in [2.24, 2.45) is 23.7 Å². The number of nitrogens with zero attached hydrogens (tertiary/aromatic N) is 1. The maximum atomic E-state index is 13.0. The molecular weight excluding hydrogens is 432 g/mol. The quantitative estimate of drug-likeness (QED) is 0.411. The average molecular weight is 467 g/mol. The molecule has 178 valence electrons. The SMILES string of the molecule is O=C1CCC(N2CC3CCC(CNC(=O)NCCC4CCC(Cl)CC4)CC3C2=O)C(=O)N1. The summed E-state index contributed by atoms with van der Waals surface area (Å²) >= 11 is 6.15. The maximum Gasteiger partial charge on any atom is 0.314 e. The van der Waals surface area contributed by atoms with Crippen molar-refractivity contribution >= 4 is 35.4 Å². The van der Waals surface area contributed by atoms with Crippen molar-refractivity contribution in [2.45, 2.75) is 75.6 Å². The number of halogens is 1. The number of likely N-dealkylation sites (tertiary alicyclic amines) is 1. The van der Waals surface area contributed by atoms with E-state index in [1.54, 1.807) is 4.90 Å². The van der Waals surface area contributed by atoms with Gasteiger partial charge in [-0.1, -0.05) is 0 Å². The molecule has 4 rings (SSSR count). The fourth-order valence-corrected chi connectivity index (χ4v) is 6.19. The van der Waals surface area contributed by atoms with Crippen LogP contribution in [0.2, 0.25) is 0 Å². The molecule has 4 atom stereocenters. The molecular formula is C23H35ClN4O4. The van der Waals surface area contributed by atoms with E-state index in [1.807, 2.05) is 0 Å². The van der Waals surface area contributed by atoms with E-state index >= 15 is 0 Å². The molecule has 0 bridgehead atoms. The Labute approximate surface area is 194 Å². The molecule has 4 unspecified atom stereocenters. The zero-order valence-electron chi connectivity index (χ0n) is 18.6. The van der Waals surface area contributed by atoms with Crippen molar-refractivity contribution in [3.05, 3.63) is 0 Å². The number of nitrogens with one attached hydrogen (secondary N) is 3. The van der Waals surface area contributed by atoms with Crippen LogP contribution in [-0.2, 0) is 14.4 Å². The van der Waals surface area contributed by atoms with Crippen molar-refractivity contribution in [3.63, 3.8) is 0 Å². The molecule has 4 aliphatic rings. The summed E-state index contributed by atoms with van der Waals surface area (Å²) in [6, 6.07) is -0.659. The van der Waals surface area contributed by atoms with Gasteiger partial charge in [0.15, 0.2) is 0 Å². The van der Waals surface area contributed by atoms with Gasteiger partial charge >= 0.3 is 6.03 Å². The number of hydrogen-bond donors (Lipinski definition) is 3. The first-order valence-corrected chi connectivity index (χ1v) is 12.6. The third-order valence-electron chi connectivity index (χ3n) is 7.89. The van der Waals surface area contributed by atoms with Gasteiger partial charge in [-0.3, -0.25) is 19.7 Å². The molecule has 0 aromatic carbocycles. The summed E-state index contributed by atoms with van der Waals surface area (Å²) in [5.41, 5.74) is 0. The Morgan fingerprint density at radius 2 is 1.75 bits per heavy atom. The zero-order chi connectivity index (χ0) is 22.7. The number of rotatable bonds is 6. The van der Waals surface area contributed by atoms with E-state index < -0.39 is 6.04 Å². The second-order valence-corrected chi connectivity index (χ2v) is 10.7. The van der Waals surface area contributed by atoms with Gasteiger partial charge in [0.25, 0.3) is 0 Å². The predicted molar refractivity (Wildman–Crippen MR) is 120 cm³/mol. The number of hydrogen-bond acceptors (Lipinski definition) is 4. The first-order valence-electron chi connectivity index (χ1n) is 12.2. The van der Waals surface area contributed by atoms with Gasteiger partial charge in [0, 0.05) is 37.4 Å². The molecule has 0 spiro atoms. The van der Waals surface area contributed by atoms with Gasteiger partial charge in [-0.15, -0.1) is 11.6 Å². The number of piperidine rings is 1. The van der Waals surface area contributed by atoms with Gasteiger partial charge < -0.3 is 15.5 Å². The fourth-order valence-electron chi connectivity index (χ4n) is 5.94. The van der Waals surface area contributed by atoms with Crippen LogP contribution < -0.4 is 16.0 Å². The molecule has 32 heavy (non-hydrogen) atoms. The Morgan fingerprint density at radius 1 is 1.00 bits per heavy atom. The van der Waals surface area contributed by atoms with E-state index in [-0.39, 0.29) is 47.9 Å². The lowest BCUT2D eigenvalue weighted by Crippen LogP contribution is -2.53. The first-order chi connectivity index (χ1) is 15.4. The van der Waals surface area contributed by atoms with E-state index in [4.69, 9.17) is 11.6 Å². The summed E-state index contributed by atoms with van der Waals surface area (Å²) in [5.74, 6) is 0.529. The molecule has 9 heteroatoms. The van der Waals surface area contributed by atoms with Crippen molar-refractivity contribution in [2.75, 3.05) is 19.6 Å². The Kier molecular flexibility index (Phi) is 7.59. The van der Waals surface area contributed by atoms with E-state index in [0.29, 0.717) is 37.4 Å². The predicted octanol–water partition coefficient (Wildman–Crippen LogP) is 2.15. The monoisotopic (exact) mass is 466 g/mol. The molecule has 2 saturated carbocycles. The molecule has 5 amide bonds. The Hall–Kier alpha value is -1.83. The van der Waals surface area contributed by atoms with Crippen LogP contribution in [0.25, 0.3) is 0 Å². The molecule has 2 aliphatic carbocycles. The fraction of sp³-hybridized carbons (Fsp3) is 0.826. The Morgan fingerprint density at radius 3 is 2.50 bits per heavy atom. The average Bonchev–Trinajstić information content (AvgIpc) is 3.09. The molecule has 0 radical (unpaired) electrons. The van der Waals surface area contributed by atoms with Crippen LogP contribution in [0.4, 0.5) is 4.79 Å². The van der Waals surface area contributed by atoms with Gasteiger partial charge in [-0.05, 0) is 75.5 Å². The van der Waals surface area contributed by atoms with Gasteiger partial charge in [-0.2, -0.15) is 0 Å². The zero-order valence-corrected chi connectivity index (χ0v) is 19.4. The van der Waals surface area contributed by atoms with Crippen LogP contribution in [0.15, 0.2) is 0 Å². The smallest absolute Gasteiger partial charge is 0.314 e. The standard InChI is InChI=1S/C23H35ClN4O4/c24-17-5-2-14(3-6-17)9-10-25-23(32)26-12-15-1-4-16-13-28(22(31)18(16)11-15)19-7-8-20(29)27-21(19)30/h14-19H,1-13H2,(H2,25,26,32)(H,27,29,30). The minimum Gasteiger partial charge on any atom is -0.338 e.